The van der Waals surface area contributed by atoms with E-state index in [0.29, 0.717) is 28.3 Å². The Balaban J connectivity index is 2.58. The van der Waals surface area contributed by atoms with Crippen molar-refractivity contribution >= 4 is 17.9 Å². The summed E-state index contributed by atoms with van der Waals surface area (Å²) in [4.78, 5) is 10.7. The summed E-state index contributed by atoms with van der Waals surface area (Å²) >= 11 is 5.73. The zero-order valence-corrected chi connectivity index (χ0v) is 7.69. The highest BCUT2D eigenvalue weighted by Gasteiger charge is 2.08. The van der Waals surface area contributed by atoms with Crippen molar-refractivity contribution in [2.45, 2.75) is 0 Å². The molecule has 2 aromatic rings. The Morgan fingerprint density at radius 1 is 1.43 bits per heavy atom. The lowest BCUT2D eigenvalue weighted by Crippen LogP contribution is -1.89. The molecule has 0 aliphatic rings. The minimum Gasteiger partial charge on any atom is -0.298 e. The lowest BCUT2D eigenvalue weighted by Gasteiger charge is -1.98. The molecule has 0 fully saturated rings. The fraction of sp³-hybridized carbons (Fsp3) is 0. The fourth-order valence-electron chi connectivity index (χ4n) is 1.11. The summed E-state index contributed by atoms with van der Waals surface area (Å²) < 4.78 is 0. The zero-order chi connectivity index (χ0) is 9.97. The van der Waals surface area contributed by atoms with Gasteiger partial charge in [0.15, 0.2) is 6.29 Å². The number of nitrogens with zero attached hydrogens (tertiary/aromatic N) is 3. The summed E-state index contributed by atoms with van der Waals surface area (Å²) in [6, 6.07) is 4.90. The largest absolute Gasteiger partial charge is 0.298 e. The van der Waals surface area contributed by atoms with Crippen LogP contribution in [0.15, 0.2) is 18.2 Å². The molecule has 1 heterocycles. The van der Waals surface area contributed by atoms with E-state index >= 15 is 0 Å². The first-order valence-electron chi connectivity index (χ1n) is 3.80. The Morgan fingerprint density at radius 3 is 2.93 bits per heavy atom. The molecule has 2 rings (SSSR count). The highest BCUT2D eigenvalue weighted by Crippen LogP contribution is 2.21. The molecule has 0 aliphatic carbocycles. The Hall–Kier alpha value is -1.75. The highest BCUT2D eigenvalue weighted by molar-refractivity contribution is 6.31. The van der Waals surface area contributed by atoms with Crippen molar-refractivity contribution in [1.82, 2.24) is 20.6 Å². The van der Waals surface area contributed by atoms with E-state index in [1.54, 1.807) is 18.2 Å². The van der Waals surface area contributed by atoms with Gasteiger partial charge in [-0.15, -0.1) is 10.2 Å². The van der Waals surface area contributed by atoms with Gasteiger partial charge in [-0.2, -0.15) is 5.21 Å². The Morgan fingerprint density at radius 2 is 2.29 bits per heavy atom. The van der Waals surface area contributed by atoms with Crippen LogP contribution in [-0.4, -0.2) is 26.9 Å². The molecule has 0 aliphatic heterocycles. The monoisotopic (exact) mass is 208 g/mol. The van der Waals surface area contributed by atoms with E-state index in [4.69, 9.17) is 11.6 Å². The number of hydrogen-bond donors (Lipinski definition) is 1. The maximum Gasteiger partial charge on any atom is 0.205 e. The van der Waals surface area contributed by atoms with Crippen LogP contribution in [0.5, 0.6) is 0 Å². The number of aromatic nitrogens is 4. The predicted molar refractivity (Wildman–Crippen MR) is 50.0 cm³/mol. The number of aldehydes is 1. The fourth-order valence-corrected chi connectivity index (χ4v) is 1.29. The first kappa shape index (κ1) is 8.83. The van der Waals surface area contributed by atoms with Gasteiger partial charge in [-0.1, -0.05) is 11.6 Å². The van der Waals surface area contributed by atoms with Gasteiger partial charge in [0.25, 0.3) is 0 Å². The molecule has 5 nitrogen and oxygen atoms in total. The van der Waals surface area contributed by atoms with Gasteiger partial charge in [0, 0.05) is 16.1 Å². The van der Waals surface area contributed by atoms with Crippen LogP contribution in [0.25, 0.3) is 11.4 Å². The molecule has 0 unspecified atom stereocenters. The van der Waals surface area contributed by atoms with Gasteiger partial charge in [0.1, 0.15) is 0 Å². The van der Waals surface area contributed by atoms with Crippen LogP contribution in [0.3, 0.4) is 0 Å². The molecule has 6 heteroatoms. The van der Waals surface area contributed by atoms with Gasteiger partial charge in [-0.3, -0.25) is 4.79 Å². The van der Waals surface area contributed by atoms with E-state index in [2.05, 4.69) is 20.6 Å². The SMILES string of the molecule is O=Cc1cc(Cl)ccc1-c1nn[nH]n1. The molecule has 1 N–H and O–H groups in total. The maximum atomic E-state index is 10.7. The van der Waals surface area contributed by atoms with Crippen molar-refractivity contribution < 1.29 is 4.79 Å². The van der Waals surface area contributed by atoms with E-state index in [-0.39, 0.29) is 0 Å². The number of nitrogens with one attached hydrogen (secondary N) is 1. The molecule has 0 saturated heterocycles. The second-order valence-electron chi connectivity index (χ2n) is 2.58. The van der Waals surface area contributed by atoms with Gasteiger partial charge in [-0.25, -0.2) is 0 Å². The quantitative estimate of drug-likeness (QED) is 0.756. The molecule has 14 heavy (non-hydrogen) atoms. The molecule has 70 valence electrons. The summed E-state index contributed by atoms with van der Waals surface area (Å²) in [5.74, 6) is 0.378. The summed E-state index contributed by atoms with van der Waals surface area (Å²) in [6.07, 6.45) is 0.706. The molecule has 0 saturated carbocycles. The number of hydrogen-bond acceptors (Lipinski definition) is 4. The van der Waals surface area contributed by atoms with E-state index < -0.39 is 0 Å². The number of carbonyl (C=O) groups excluding carboxylic acids is 1. The minimum absolute atomic E-state index is 0.378. The molecule has 0 bridgehead atoms. The number of carbonyl (C=O) groups is 1. The van der Waals surface area contributed by atoms with Crippen molar-refractivity contribution in [3.05, 3.63) is 28.8 Å². The molecular weight excluding hydrogens is 204 g/mol. The summed E-state index contributed by atoms with van der Waals surface area (Å²) in [5.41, 5.74) is 1.05. The lowest BCUT2D eigenvalue weighted by molar-refractivity contribution is 0.112. The molecule has 0 atom stereocenters. The summed E-state index contributed by atoms with van der Waals surface area (Å²) in [6.45, 7) is 0. The van der Waals surface area contributed by atoms with Gasteiger partial charge in [0.05, 0.1) is 0 Å². The van der Waals surface area contributed by atoms with E-state index in [9.17, 15) is 4.79 Å². The molecule has 0 amide bonds. The van der Waals surface area contributed by atoms with Crippen LogP contribution in [0.2, 0.25) is 5.02 Å². The summed E-state index contributed by atoms with van der Waals surface area (Å²) in [7, 11) is 0. The van der Waals surface area contributed by atoms with Crippen molar-refractivity contribution in [3.8, 4) is 11.4 Å². The second kappa shape index (κ2) is 3.55. The van der Waals surface area contributed by atoms with Gasteiger partial charge < -0.3 is 0 Å². The van der Waals surface area contributed by atoms with Gasteiger partial charge in [0.2, 0.25) is 5.82 Å². The van der Waals surface area contributed by atoms with E-state index in [1.165, 1.54) is 0 Å². The van der Waals surface area contributed by atoms with Crippen LogP contribution in [0.4, 0.5) is 0 Å². The van der Waals surface area contributed by atoms with Crippen molar-refractivity contribution in [1.29, 1.82) is 0 Å². The Labute approximate surface area is 84.1 Å². The smallest absolute Gasteiger partial charge is 0.205 e. The number of halogens is 1. The average molecular weight is 209 g/mol. The van der Waals surface area contributed by atoms with Crippen LogP contribution < -0.4 is 0 Å². The van der Waals surface area contributed by atoms with Crippen LogP contribution in [0, 0.1) is 0 Å². The molecule has 1 aromatic carbocycles. The van der Waals surface area contributed by atoms with Gasteiger partial charge in [-0.05, 0) is 23.4 Å². The zero-order valence-electron chi connectivity index (χ0n) is 6.94. The van der Waals surface area contributed by atoms with Gasteiger partial charge >= 0.3 is 0 Å². The third-order valence-corrected chi connectivity index (χ3v) is 1.96. The lowest BCUT2D eigenvalue weighted by atomic mass is 10.1. The normalized spacial score (nSPS) is 10.1. The highest BCUT2D eigenvalue weighted by atomic mass is 35.5. The minimum atomic E-state index is 0.378. The van der Waals surface area contributed by atoms with E-state index in [1.807, 2.05) is 0 Å². The van der Waals surface area contributed by atoms with Crippen LogP contribution >= 0.6 is 11.6 Å². The van der Waals surface area contributed by atoms with Crippen molar-refractivity contribution in [3.63, 3.8) is 0 Å². The molecular formula is C8H5ClN4O. The van der Waals surface area contributed by atoms with E-state index in [0.717, 1.165) is 0 Å². The number of rotatable bonds is 2. The Bertz CT molecular complexity index is 454. The number of benzene rings is 1. The molecule has 1 aromatic heterocycles. The van der Waals surface area contributed by atoms with Crippen LogP contribution in [0.1, 0.15) is 10.4 Å². The third-order valence-electron chi connectivity index (χ3n) is 1.73. The first-order valence-corrected chi connectivity index (χ1v) is 4.17. The molecule has 0 radical (unpaired) electrons. The Kier molecular flexibility index (Phi) is 2.24. The second-order valence-corrected chi connectivity index (χ2v) is 3.02. The number of aromatic amines is 1. The maximum absolute atomic E-state index is 10.7. The van der Waals surface area contributed by atoms with Crippen molar-refractivity contribution in [2.24, 2.45) is 0 Å². The topological polar surface area (TPSA) is 71.5 Å². The standard InChI is InChI=1S/C8H5ClN4O/c9-6-1-2-7(5(3-6)4-14)8-10-12-13-11-8/h1-4H,(H,10,11,12,13). The molecule has 0 spiro atoms. The average Bonchev–Trinajstić information content (AvgIpc) is 2.70. The number of tetrazole rings is 1. The van der Waals surface area contributed by atoms with Crippen molar-refractivity contribution in [2.75, 3.05) is 0 Å². The summed E-state index contributed by atoms with van der Waals surface area (Å²) in [5, 5.41) is 13.8. The predicted octanol–water partition coefficient (Wildman–Crippen LogP) is 1.33. The number of H-pyrrole nitrogens is 1. The third kappa shape index (κ3) is 1.49. The van der Waals surface area contributed by atoms with Crippen LogP contribution in [-0.2, 0) is 0 Å². The first-order chi connectivity index (χ1) is 6.81.